The zero-order valence-electron chi connectivity index (χ0n) is 13.6. The third-order valence-corrected chi connectivity index (χ3v) is 4.07. The van der Waals surface area contributed by atoms with E-state index in [0.29, 0.717) is 6.04 Å². The van der Waals surface area contributed by atoms with Gasteiger partial charge in [0.15, 0.2) is 0 Å². The Labute approximate surface area is 124 Å². The second-order valence-electron chi connectivity index (χ2n) is 5.62. The maximum absolute atomic E-state index is 5.32. The quantitative estimate of drug-likeness (QED) is 0.683. The van der Waals surface area contributed by atoms with E-state index in [1.165, 1.54) is 31.2 Å². The van der Waals surface area contributed by atoms with Crippen molar-refractivity contribution >= 4 is 0 Å². The average molecular weight is 277 g/mol. The van der Waals surface area contributed by atoms with Crippen LogP contribution in [0.4, 0.5) is 0 Å². The van der Waals surface area contributed by atoms with Gasteiger partial charge in [-0.05, 0) is 49.4 Å². The van der Waals surface area contributed by atoms with Crippen molar-refractivity contribution < 1.29 is 4.74 Å². The van der Waals surface area contributed by atoms with E-state index in [4.69, 9.17) is 4.74 Å². The highest BCUT2D eigenvalue weighted by molar-refractivity contribution is 5.28. The molecule has 0 aliphatic rings. The van der Waals surface area contributed by atoms with Crippen molar-refractivity contribution in [1.82, 2.24) is 5.32 Å². The SMILES string of the molecule is CCCNC(Cc1cccc(OC)c1)CC(CC)CC. The van der Waals surface area contributed by atoms with E-state index >= 15 is 0 Å². The summed E-state index contributed by atoms with van der Waals surface area (Å²) < 4.78 is 5.32. The molecule has 0 bridgehead atoms. The van der Waals surface area contributed by atoms with Crippen molar-refractivity contribution in [1.29, 1.82) is 0 Å². The first kappa shape index (κ1) is 17.0. The molecule has 0 aromatic heterocycles. The van der Waals surface area contributed by atoms with Crippen LogP contribution in [-0.4, -0.2) is 19.7 Å². The predicted molar refractivity (Wildman–Crippen MR) is 87.5 cm³/mol. The van der Waals surface area contributed by atoms with Crippen molar-refractivity contribution in [3.8, 4) is 5.75 Å². The van der Waals surface area contributed by atoms with E-state index < -0.39 is 0 Å². The Morgan fingerprint density at radius 3 is 2.50 bits per heavy atom. The summed E-state index contributed by atoms with van der Waals surface area (Å²) in [6.45, 7) is 7.94. The Morgan fingerprint density at radius 2 is 1.90 bits per heavy atom. The monoisotopic (exact) mass is 277 g/mol. The first-order valence-electron chi connectivity index (χ1n) is 8.09. The number of hydrogen-bond donors (Lipinski definition) is 1. The number of benzene rings is 1. The van der Waals surface area contributed by atoms with Crippen LogP contribution in [0.25, 0.3) is 0 Å². The van der Waals surface area contributed by atoms with E-state index in [0.717, 1.165) is 24.6 Å². The minimum absolute atomic E-state index is 0.576. The third-order valence-electron chi connectivity index (χ3n) is 4.07. The second kappa shape index (κ2) is 9.82. The van der Waals surface area contributed by atoms with Crippen molar-refractivity contribution in [3.63, 3.8) is 0 Å². The largest absolute Gasteiger partial charge is 0.497 e. The molecular formula is C18H31NO. The zero-order valence-corrected chi connectivity index (χ0v) is 13.6. The van der Waals surface area contributed by atoms with Gasteiger partial charge in [0.1, 0.15) is 5.75 Å². The lowest BCUT2D eigenvalue weighted by Gasteiger charge is -2.23. The first-order valence-corrected chi connectivity index (χ1v) is 8.09. The molecule has 0 aliphatic heterocycles. The average Bonchev–Trinajstić information content (AvgIpc) is 2.50. The number of ether oxygens (including phenoxy) is 1. The van der Waals surface area contributed by atoms with Crippen LogP contribution in [0.1, 0.15) is 52.0 Å². The van der Waals surface area contributed by atoms with Crippen LogP contribution in [0.15, 0.2) is 24.3 Å². The molecule has 0 heterocycles. The molecule has 0 aliphatic carbocycles. The lowest BCUT2D eigenvalue weighted by Crippen LogP contribution is -2.33. The summed E-state index contributed by atoms with van der Waals surface area (Å²) in [6, 6.07) is 9.04. The Bertz CT molecular complexity index is 360. The number of nitrogens with one attached hydrogen (secondary N) is 1. The molecule has 1 atom stereocenters. The minimum Gasteiger partial charge on any atom is -0.497 e. The van der Waals surface area contributed by atoms with E-state index in [-0.39, 0.29) is 0 Å². The Hall–Kier alpha value is -1.02. The summed E-state index contributed by atoms with van der Waals surface area (Å²) in [5.74, 6) is 1.79. The van der Waals surface area contributed by atoms with Gasteiger partial charge in [-0.15, -0.1) is 0 Å². The molecule has 114 valence electrons. The van der Waals surface area contributed by atoms with Crippen LogP contribution in [0.3, 0.4) is 0 Å². The molecule has 1 unspecified atom stereocenters. The zero-order chi connectivity index (χ0) is 14.8. The molecule has 1 N–H and O–H groups in total. The molecule has 2 nitrogen and oxygen atoms in total. The van der Waals surface area contributed by atoms with Crippen LogP contribution >= 0.6 is 0 Å². The van der Waals surface area contributed by atoms with Crippen molar-refractivity contribution in [2.75, 3.05) is 13.7 Å². The van der Waals surface area contributed by atoms with Gasteiger partial charge in [-0.25, -0.2) is 0 Å². The molecule has 0 fully saturated rings. The van der Waals surface area contributed by atoms with Gasteiger partial charge in [0, 0.05) is 6.04 Å². The lowest BCUT2D eigenvalue weighted by atomic mass is 9.91. The highest BCUT2D eigenvalue weighted by atomic mass is 16.5. The third kappa shape index (κ3) is 5.96. The maximum atomic E-state index is 5.32. The van der Waals surface area contributed by atoms with Gasteiger partial charge in [-0.3, -0.25) is 0 Å². The van der Waals surface area contributed by atoms with Gasteiger partial charge >= 0.3 is 0 Å². The van der Waals surface area contributed by atoms with Gasteiger partial charge in [-0.1, -0.05) is 45.7 Å². The predicted octanol–water partition coefficient (Wildman–Crippen LogP) is 4.43. The number of rotatable bonds is 10. The molecule has 2 heteroatoms. The fourth-order valence-electron chi connectivity index (χ4n) is 2.70. The maximum Gasteiger partial charge on any atom is 0.119 e. The normalized spacial score (nSPS) is 12.7. The molecule has 1 aromatic carbocycles. The first-order chi connectivity index (χ1) is 9.73. The highest BCUT2D eigenvalue weighted by Gasteiger charge is 2.14. The number of hydrogen-bond acceptors (Lipinski definition) is 2. The molecule has 0 saturated carbocycles. The van der Waals surface area contributed by atoms with Gasteiger partial charge in [0.25, 0.3) is 0 Å². The Kier molecular flexibility index (Phi) is 8.36. The van der Waals surface area contributed by atoms with Crippen LogP contribution in [0.2, 0.25) is 0 Å². The molecule has 0 saturated heterocycles. The minimum atomic E-state index is 0.576. The molecule has 0 amide bonds. The summed E-state index contributed by atoms with van der Waals surface area (Å²) in [4.78, 5) is 0. The van der Waals surface area contributed by atoms with Gasteiger partial charge in [0.05, 0.1) is 7.11 Å². The van der Waals surface area contributed by atoms with Crippen LogP contribution in [0, 0.1) is 5.92 Å². The summed E-state index contributed by atoms with van der Waals surface area (Å²) in [6.07, 6.45) is 6.10. The Morgan fingerprint density at radius 1 is 1.15 bits per heavy atom. The number of methoxy groups -OCH3 is 1. The molecular weight excluding hydrogens is 246 g/mol. The van der Waals surface area contributed by atoms with Crippen LogP contribution in [-0.2, 0) is 6.42 Å². The molecule has 0 spiro atoms. The van der Waals surface area contributed by atoms with E-state index in [2.05, 4.69) is 44.3 Å². The topological polar surface area (TPSA) is 21.3 Å². The van der Waals surface area contributed by atoms with E-state index in [1.54, 1.807) is 7.11 Å². The van der Waals surface area contributed by atoms with E-state index in [1.807, 2.05) is 6.07 Å². The lowest BCUT2D eigenvalue weighted by molar-refractivity contribution is 0.362. The molecule has 20 heavy (non-hydrogen) atoms. The summed E-state index contributed by atoms with van der Waals surface area (Å²) in [5, 5.41) is 3.71. The fourth-order valence-corrected chi connectivity index (χ4v) is 2.70. The fraction of sp³-hybridized carbons (Fsp3) is 0.667. The second-order valence-corrected chi connectivity index (χ2v) is 5.62. The van der Waals surface area contributed by atoms with Crippen molar-refractivity contribution in [2.45, 2.75) is 58.9 Å². The highest BCUT2D eigenvalue weighted by Crippen LogP contribution is 2.19. The summed E-state index contributed by atoms with van der Waals surface area (Å²) in [5.41, 5.74) is 1.36. The molecule has 1 rings (SSSR count). The van der Waals surface area contributed by atoms with Gasteiger partial charge < -0.3 is 10.1 Å². The van der Waals surface area contributed by atoms with Crippen LogP contribution < -0.4 is 10.1 Å². The molecule has 1 aromatic rings. The van der Waals surface area contributed by atoms with Gasteiger partial charge in [0.2, 0.25) is 0 Å². The van der Waals surface area contributed by atoms with Gasteiger partial charge in [-0.2, -0.15) is 0 Å². The summed E-state index contributed by atoms with van der Waals surface area (Å²) in [7, 11) is 1.73. The van der Waals surface area contributed by atoms with Crippen molar-refractivity contribution in [2.24, 2.45) is 5.92 Å². The van der Waals surface area contributed by atoms with Crippen LogP contribution in [0.5, 0.6) is 5.75 Å². The van der Waals surface area contributed by atoms with Crippen molar-refractivity contribution in [3.05, 3.63) is 29.8 Å². The summed E-state index contributed by atoms with van der Waals surface area (Å²) >= 11 is 0. The van der Waals surface area contributed by atoms with E-state index in [9.17, 15) is 0 Å². The molecule has 0 radical (unpaired) electrons. The standard InChI is InChI=1S/C18H31NO/c1-5-11-19-17(12-15(6-2)7-3)13-16-9-8-10-18(14-16)20-4/h8-10,14-15,17,19H,5-7,11-13H2,1-4H3. The Balaban J connectivity index is 2.66. The smallest absolute Gasteiger partial charge is 0.119 e.